The third-order valence-electron chi connectivity index (χ3n) is 5.34. The molecule has 164 valence electrons. The Morgan fingerprint density at radius 3 is 2.65 bits per heavy atom. The zero-order valence-corrected chi connectivity index (χ0v) is 18.2. The number of halogens is 1. The first-order valence-corrected chi connectivity index (χ1v) is 10.5. The van der Waals surface area contributed by atoms with E-state index in [1.807, 2.05) is 43.3 Å². The predicted octanol–water partition coefficient (Wildman–Crippen LogP) is 5.76. The topological polar surface area (TPSA) is 80.8 Å². The van der Waals surface area contributed by atoms with E-state index >= 15 is 4.39 Å². The highest BCUT2D eigenvalue weighted by molar-refractivity contribution is 5.84. The summed E-state index contributed by atoms with van der Waals surface area (Å²) in [6, 6.07) is 14.7. The van der Waals surface area contributed by atoms with Gasteiger partial charge in [0.15, 0.2) is 11.6 Å². The van der Waals surface area contributed by atoms with Gasteiger partial charge in [-0.1, -0.05) is 12.1 Å². The molecular weight excluding hydrogens is 429 g/mol. The Hall–Kier alpha value is -4.77. The zero-order valence-electron chi connectivity index (χ0n) is 18.2. The summed E-state index contributed by atoms with van der Waals surface area (Å²) in [7, 11) is 0. The molecule has 0 amide bonds. The van der Waals surface area contributed by atoms with Crippen LogP contribution in [0.4, 0.5) is 15.9 Å². The average molecular weight is 447 g/mol. The Bertz CT molecular complexity index is 1560. The Kier molecular flexibility index (Phi) is 5.58. The summed E-state index contributed by atoms with van der Waals surface area (Å²) in [5, 5.41) is 3.90. The number of pyridine rings is 3. The highest BCUT2D eigenvalue weighted by Crippen LogP contribution is 2.30. The molecule has 0 fully saturated rings. The molecule has 4 aromatic heterocycles. The molecule has 34 heavy (non-hydrogen) atoms. The van der Waals surface area contributed by atoms with E-state index < -0.39 is 5.82 Å². The minimum absolute atomic E-state index is 0.0782. The molecule has 8 heteroatoms. The number of fused-ring (bicyclic) bond motifs is 1. The maximum absolute atomic E-state index is 15.3. The van der Waals surface area contributed by atoms with Crippen LogP contribution in [-0.2, 0) is 6.54 Å². The fourth-order valence-electron chi connectivity index (χ4n) is 3.70. The number of nitrogens with one attached hydrogen (secondary N) is 1. The molecule has 0 unspecified atom stereocenters. The van der Waals surface area contributed by atoms with Crippen molar-refractivity contribution in [1.29, 1.82) is 0 Å². The van der Waals surface area contributed by atoms with E-state index in [1.54, 1.807) is 30.7 Å². The monoisotopic (exact) mass is 447 g/mol. The van der Waals surface area contributed by atoms with E-state index in [0.717, 1.165) is 27.7 Å². The van der Waals surface area contributed by atoms with Crippen LogP contribution >= 0.6 is 0 Å². The van der Waals surface area contributed by atoms with E-state index in [2.05, 4.69) is 35.1 Å². The van der Waals surface area contributed by atoms with Gasteiger partial charge in [-0.2, -0.15) is 0 Å². The fourth-order valence-corrected chi connectivity index (χ4v) is 3.70. The first-order chi connectivity index (χ1) is 16.6. The van der Waals surface area contributed by atoms with Gasteiger partial charge in [0.2, 0.25) is 5.69 Å². The largest absolute Gasteiger partial charge is 0.363 e. The van der Waals surface area contributed by atoms with Crippen molar-refractivity contribution in [2.45, 2.75) is 13.5 Å². The maximum Gasteiger partial charge on any atom is 0.213 e. The minimum Gasteiger partial charge on any atom is -0.363 e. The van der Waals surface area contributed by atoms with Crippen LogP contribution in [0.2, 0.25) is 0 Å². The molecule has 0 saturated heterocycles. The highest BCUT2D eigenvalue weighted by atomic mass is 19.1. The van der Waals surface area contributed by atoms with Crippen molar-refractivity contribution in [1.82, 2.24) is 24.9 Å². The number of aryl methyl sites for hydroxylation is 1. The molecule has 0 saturated carbocycles. The van der Waals surface area contributed by atoms with Crippen LogP contribution < -0.4 is 5.32 Å². The molecule has 5 rings (SSSR count). The van der Waals surface area contributed by atoms with Gasteiger partial charge in [-0.05, 0) is 54.4 Å². The van der Waals surface area contributed by atoms with Crippen molar-refractivity contribution in [2.24, 2.45) is 0 Å². The van der Waals surface area contributed by atoms with E-state index in [4.69, 9.17) is 6.57 Å². The quantitative estimate of drug-likeness (QED) is 0.345. The van der Waals surface area contributed by atoms with Gasteiger partial charge < -0.3 is 5.32 Å². The Morgan fingerprint density at radius 1 is 0.912 bits per heavy atom. The van der Waals surface area contributed by atoms with E-state index in [-0.39, 0.29) is 18.1 Å². The molecule has 4 heterocycles. The van der Waals surface area contributed by atoms with Crippen molar-refractivity contribution in [3.05, 3.63) is 102 Å². The number of hydrogen-bond acceptors (Lipinski definition) is 6. The summed E-state index contributed by atoms with van der Waals surface area (Å²) in [5.41, 5.74) is 5.08. The molecule has 0 spiro atoms. The Labute approximate surface area is 195 Å². The lowest BCUT2D eigenvalue weighted by molar-refractivity contribution is 0.621. The second-order valence-electron chi connectivity index (χ2n) is 7.66. The molecule has 7 nitrogen and oxygen atoms in total. The maximum atomic E-state index is 15.3. The lowest BCUT2D eigenvalue weighted by Gasteiger charge is -2.11. The first kappa shape index (κ1) is 21.1. The molecular formula is C26H18FN7. The van der Waals surface area contributed by atoms with E-state index in [0.29, 0.717) is 16.9 Å². The van der Waals surface area contributed by atoms with Crippen molar-refractivity contribution in [3.8, 4) is 22.5 Å². The van der Waals surface area contributed by atoms with Crippen LogP contribution in [0.15, 0.2) is 73.4 Å². The summed E-state index contributed by atoms with van der Waals surface area (Å²) < 4.78 is 15.3. The Morgan fingerprint density at radius 2 is 1.79 bits per heavy atom. The summed E-state index contributed by atoms with van der Waals surface area (Å²) in [5.74, 6) is -0.470. The number of nitrogens with zero attached hydrogens (tertiary/aromatic N) is 6. The van der Waals surface area contributed by atoms with Gasteiger partial charge in [0.05, 0.1) is 17.8 Å². The van der Waals surface area contributed by atoms with Gasteiger partial charge in [-0.3, -0.25) is 15.0 Å². The number of rotatable bonds is 5. The average Bonchev–Trinajstić information content (AvgIpc) is 2.87. The van der Waals surface area contributed by atoms with Gasteiger partial charge in [0.25, 0.3) is 0 Å². The summed E-state index contributed by atoms with van der Waals surface area (Å²) in [4.78, 5) is 24.8. The van der Waals surface area contributed by atoms with Gasteiger partial charge >= 0.3 is 0 Å². The van der Waals surface area contributed by atoms with Gasteiger partial charge in [0.1, 0.15) is 12.0 Å². The molecule has 0 aliphatic carbocycles. The molecule has 0 aliphatic heterocycles. The van der Waals surface area contributed by atoms with Crippen LogP contribution in [0.5, 0.6) is 0 Å². The Balaban J connectivity index is 1.40. The van der Waals surface area contributed by atoms with Crippen LogP contribution in [0.3, 0.4) is 0 Å². The molecule has 1 aromatic carbocycles. The normalized spacial score (nSPS) is 10.7. The van der Waals surface area contributed by atoms with Crippen molar-refractivity contribution in [2.75, 3.05) is 5.32 Å². The second kappa shape index (κ2) is 9.00. The van der Waals surface area contributed by atoms with Crippen molar-refractivity contribution < 1.29 is 4.39 Å². The lowest BCUT2D eigenvalue weighted by Crippen LogP contribution is -2.06. The zero-order chi connectivity index (χ0) is 23.5. The van der Waals surface area contributed by atoms with Gasteiger partial charge in [-0.15, -0.1) is 0 Å². The SMILES string of the molecule is [C-]#[N+]c1cc(CNc2ncnc(-c3ccc4ncccc4c3)c2F)cnc1-c1ccnc(C)c1. The number of aromatic nitrogens is 5. The van der Waals surface area contributed by atoms with Crippen LogP contribution in [0.25, 0.3) is 38.3 Å². The van der Waals surface area contributed by atoms with Crippen LogP contribution in [0.1, 0.15) is 11.3 Å². The number of anilines is 1. The highest BCUT2D eigenvalue weighted by Gasteiger charge is 2.14. The summed E-state index contributed by atoms with van der Waals surface area (Å²) in [6.07, 6.45) is 6.40. The van der Waals surface area contributed by atoms with Crippen LogP contribution in [0, 0.1) is 19.3 Å². The minimum atomic E-state index is -0.548. The third kappa shape index (κ3) is 4.14. The molecule has 0 aliphatic rings. The molecule has 0 bridgehead atoms. The van der Waals surface area contributed by atoms with Crippen molar-refractivity contribution in [3.63, 3.8) is 0 Å². The number of hydrogen-bond donors (Lipinski definition) is 1. The molecule has 0 radical (unpaired) electrons. The van der Waals surface area contributed by atoms with Crippen molar-refractivity contribution >= 4 is 22.4 Å². The smallest absolute Gasteiger partial charge is 0.213 e. The van der Waals surface area contributed by atoms with E-state index in [9.17, 15) is 0 Å². The summed E-state index contributed by atoms with van der Waals surface area (Å²) >= 11 is 0. The fraction of sp³-hybridized carbons (Fsp3) is 0.0769. The standard InChI is InChI=1S/C26H18FN7/c1-16-10-20(7-9-29-16)24-22(28-2)11-17(13-31-24)14-32-26-23(27)25(33-15-34-26)19-5-6-21-18(12-19)4-3-8-30-21/h3-13,15H,14H2,1H3,(H,32,33,34). The predicted molar refractivity (Wildman–Crippen MR) is 129 cm³/mol. The van der Waals surface area contributed by atoms with Gasteiger partial charge in [-0.25, -0.2) is 19.2 Å². The molecule has 1 N–H and O–H groups in total. The molecule has 5 aromatic rings. The van der Waals surface area contributed by atoms with Crippen LogP contribution in [-0.4, -0.2) is 24.9 Å². The van der Waals surface area contributed by atoms with Gasteiger partial charge in [0, 0.05) is 41.8 Å². The van der Waals surface area contributed by atoms with E-state index in [1.165, 1.54) is 6.33 Å². The first-order valence-electron chi connectivity index (χ1n) is 10.5. The second-order valence-corrected chi connectivity index (χ2v) is 7.66. The lowest BCUT2D eigenvalue weighted by atomic mass is 10.1. The third-order valence-corrected chi connectivity index (χ3v) is 5.34. The molecule has 0 atom stereocenters. The number of benzene rings is 1. The summed E-state index contributed by atoms with van der Waals surface area (Å²) in [6.45, 7) is 9.70.